The van der Waals surface area contributed by atoms with Gasteiger partial charge >= 0.3 is 0 Å². The number of carbonyl (C=O) groups is 1. The summed E-state index contributed by atoms with van der Waals surface area (Å²) in [6.45, 7) is 2.25. The first-order valence-electron chi connectivity index (χ1n) is 6.73. The lowest BCUT2D eigenvalue weighted by Gasteiger charge is -2.32. The molecule has 1 aromatic carbocycles. The summed E-state index contributed by atoms with van der Waals surface area (Å²) in [5.41, 5.74) is 5.58. The highest BCUT2D eigenvalue weighted by Crippen LogP contribution is 2.20. The minimum atomic E-state index is -0.521. The lowest BCUT2D eigenvalue weighted by atomic mass is 10.0. The number of piperidine rings is 1. The molecule has 1 saturated heterocycles. The standard InChI is InChI=1S/C14H17BrFN3OS/c15-10-2-1-3-11(16)13(10)14(20)18-9-4-6-19(7-5-9)8-12(17)21/h1-3,9H,4-8H2,(H2,17,21)(H,18,20). The van der Waals surface area contributed by atoms with Gasteiger partial charge in [0.15, 0.2) is 0 Å². The molecule has 1 fully saturated rings. The van der Waals surface area contributed by atoms with E-state index in [0.29, 0.717) is 16.0 Å². The normalized spacial score (nSPS) is 16.7. The van der Waals surface area contributed by atoms with Gasteiger partial charge in [0.1, 0.15) is 5.82 Å². The van der Waals surface area contributed by atoms with Crippen molar-refractivity contribution in [3.8, 4) is 0 Å². The summed E-state index contributed by atoms with van der Waals surface area (Å²) in [5.74, 6) is -0.902. The molecule has 0 bridgehead atoms. The van der Waals surface area contributed by atoms with Crippen molar-refractivity contribution in [2.45, 2.75) is 18.9 Å². The number of benzene rings is 1. The summed E-state index contributed by atoms with van der Waals surface area (Å²) in [4.78, 5) is 14.8. The fourth-order valence-electron chi connectivity index (χ4n) is 2.43. The lowest BCUT2D eigenvalue weighted by molar-refractivity contribution is 0.0910. The molecule has 3 N–H and O–H groups in total. The maximum absolute atomic E-state index is 13.7. The summed E-state index contributed by atoms with van der Waals surface area (Å²) in [7, 11) is 0. The van der Waals surface area contributed by atoms with E-state index < -0.39 is 5.82 Å². The number of halogens is 2. The first kappa shape index (κ1) is 16.3. The van der Waals surface area contributed by atoms with Gasteiger partial charge in [-0.25, -0.2) is 4.39 Å². The molecule has 0 aromatic heterocycles. The van der Waals surface area contributed by atoms with Crippen molar-refractivity contribution in [2.24, 2.45) is 5.73 Å². The zero-order valence-corrected chi connectivity index (χ0v) is 13.8. The number of hydrogen-bond acceptors (Lipinski definition) is 3. The largest absolute Gasteiger partial charge is 0.392 e. The molecule has 1 heterocycles. The van der Waals surface area contributed by atoms with Crippen LogP contribution in [0.1, 0.15) is 23.2 Å². The smallest absolute Gasteiger partial charge is 0.255 e. The van der Waals surface area contributed by atoms with Crippen LogP contribution in [0.3, 0.4) is 0 Å². The van der Waals surface area contributed by atoms with Crippen LogP contribution in [0.4, 0.5) is 4.39 Å². The number of thiocarbonyl (C=S) groups is 1. The van der Waals surface area contributed by atoms with Gasteiger partial charge in [-0.15, -0.1) is 0 Å². The van der Waals surface area contributed by atoms with E-state index in [1.54, 1.807) is 12.1 Å². The summed E-state index contributed by atoms with van der Waals surface area (Å²) in [6.07, 6.45) is 1.61. The van der Waals surface area contributed by atoms with E-state index in [1.807, 2.05) is 0 Å². The summed E-state index contributed by atoms with van der Waals surface area (Å²) >= 11 is 8.10. The van der Waals surface area contributed by atoms with Gasteiger partial charge in [0.2, 0.25) is 0 Å². The van der Waals surface area contributed by atoms with Gasteiger partial charge in [-0.1, -0.05) is 18.3 Å². The van der Waals surface area contributed by atoms with Crippen LogP contribution in [0.15, 0.2) is 22.7 Å². The minimum Gasteiger partial charge on any atom is -0.392 e. The van der Waals surface area contributed by atoms with E-state index in [9.17, 15) is 9.18 Å². The Bertz CT molecular complexity index is 527. The van der Waals surface area contributed by atoms with Gasteiger partial charge in [-0.05, 0) is 40.9 Å². The van der Waals surface area contributed by atoms with Gasteiger partial charge in [0.25, 0.3) is 5.91 Å². The molecule has 4 nitrogen and oxygen atoms in total. The molecule has 0 spiro atoms. The molecule has 0 aliphatic carbocycles. The quantitative estimate of drug-likeness (QED) is 0.793. The first-order valence-corrected chi connectivity index (χ1v) is 7.93. The van der Waals surface area contributed by atoms with E-state index in [4.69, 9.17) is 18.0 Å². The van der Waals surface area contributed by atoms with Crippen LogP contribution in [-0.4, -0.2) is 41.5 Å². The number of nitrogens with one attached hydrogen (secondary N) is 1. The second-order valence-corrected chi connectivity index (χ2v) is 6.47. The van der Waals surface area contributed by atoms with Crippen LogP contribution < -0.4 is 11.1 Å². The van der Waals surface area contributed by atoms with Crippen LogP contribution >= 0.6 is 28.1 Å². The third-order valence-electron chi connectivity index (χ3n) is 3.49. The highest BCUT2D eigenvalue weighted by atomic mass is 79.9. The molecule has 1 amide bonds. The molecule has 1 aliphatic heterocycles. The van der Waals surface area contributed by atoms with Crippen LogP contribution in [0.5, 0.6) is 0 Å². The van der Waals surface area contributed by atoms with E-state index in [-0.39, 0.29) is 17.5 Å². The second kappa shape index (κ2) is 7.29. The van der Waals surface area contributed by atoms with E-state index >= 15 is 0 Å². The molecule has 7 heteroatoms. The Kier molecular flexibility index (Phi) is 5.66. The van der Waals surface area contributed by atoms with Crippen molar-refractivity contribution < 1.29 is 9.18 Å². The zero-order chi connectivity index (χ0) is 15.4. The lowest BCUT2D eigenvalue weighted by Crippen LogP contribution is -2.46. The van der Waals surface area contributed by atoms with Gasteiger partial charge < -0.3 is 11.1 Å². The van der Waals surface area contributed by atoms with Crippen molar-refractivity contribution >= 4 is 39.0 Å². The minimum absolute atomic E-state index is 0.0478. The molecule has 1 aliphatic rings. The van der Waals surface area contributed by atoms with Gasteiger partial charge in [-0.3, -0.25) is 9.69 Å². The first-order chi connectivity index (χ1) is 9.97. The van der Waals surface area contributed by atoms with E-state index in [1.165, 1.54) is 6.07 Å². The predicted molar refractivity (Wildman–Crippen MR) is 87.8 cm³/mol. The molecule has 0 unspecified atom stereocenters. The number of hydrogen-bond donors (Lipinski definition) is 2. The highest BCUT2D eigenvalue weighted by Gasteiger charge is 2.23. The Hall–Kier alpha value is -1.05. The fourth-order valence-corrected chi connectivity index (χ4v) is 3.13. The van der Waals surface area contributed by atoms with Crippen LogP contribution in [-0.2, 0) is 0 Å². The van der Waals surface area contributed by atoms with E-state index in [0.717, 1.165) is 25.9 Å². The Morgan fingerprint density at radius 3 is 2.71 bits per heavy atom. The monoisotopic (exact) mass is 373 g/mol. The zero-order valence-electron chi connectivity index (χ0n) is 11.4. The average molecular weight is 374 g/mol. The molecule has 21 heavy (non-hydrogen) atoms. The maximum atomic E-state index is 13.7. The molecular weight excluding hydrogens is 357 g/mol. The molecule has 0 radical (unpaired) electrons. The number of amides is 1. The Balaban J connectivity index is 1.92. The fraction of sp³-hybridized carbons (Fsp3) is 0.429. The second-order valence-electron chi connectivity index (χ2n) is 5.09. The highest BCUT2D eigenvalue weighted by molar-refractivity contribution is 9.10. The van der Waals surface area contributed by atoms with Crippen molar-refractivity contribution in [1.82, 2.24) is 10.2 Å². The number of nitrogens with two attached hydrogens (primary N) is 1. The topological polar surface area (TPSA) is 58.4 Å². The number of likely N-dealkylation sites (tertiary alicyclic amines) is 1. The van der Waals surface area contributed by atoms with Crippen LogP contribution in [0.25, 0.3) is 0 Å². The summed E-state index contributed by atoms with van der Waals surface area (Å²) in [6, 6.07) is 4.55. The molecule has 0 saturated carbocycles. The average Bonchev–Trinajstić information content (AvgIpc) is 2.40. The molecular formula is C14H17BrFN3OS. The van der Waals surface area contributed by atoms with Crippen molar-refractivity contribution in [3.05, 3.63) is 34.1 Å². The predicted octanol–water partition coefficient (Wildman–Crippen LogP) is 2.07. The summed E-state index contributed by atoms with van der Waals surface area (Å²) in [5, 5.41) is 2.89. The van der Waals surface area contributed by atoms with Crippen molar-refractivity contribution in [1.29, 1.82) is 0 Å². The molecule has 2 rings (SSSR count). The Morgan fingerprint density at radius 1 is 1.48 bits per heavy atom. The number of nitrogens with zero attached hydrogens (tertiary/aromatic N) is 1. The van der Waals surface area contributed by atoms with Gasteiger partial charge in [0, 0.05) is 30.1 Å². The van der Waals surface area contributed by atoms with Crippen LogP contribution in [0, 0.1) is 5.82 Å². The number of rotatable bonds is 4. The molecule has 0 atom stereocenters. The van der Waals surface area contributed by atoms with Gasteiger partial charge in [0.05, 0.1) is 10.6 Å². The van der Waals surface area contributed by atoms with Crippen LogP contribution in [0.2, 0.25) is 0 Å². The van der Waals surface area contributed by atoms with E-state index in [2.05, 4.69) is 26.1 Å². The SMILES string of the molecule is NC(=S)CN1CCC(NC(=O)c2c(F)cccc2Br)CC1. The van der Waals surface area contributed by atoms with Crippen molar-refractivity contribution in [2.75, 3.05) is 19.6 Å². The Morgan fingerprint density at radius 2 is 2.14 bits per heavy atom. The number of carbonyl (C=O) groups excluding carboxylic acids is 1. The molecule has 114 valence electrons. The summed E-state index contributed by atoms with van der Waals surface area (Å²) < 4.78 is 14.2. The third-order valence-corrected chi connectivity index (χ3v) is 4.28. The maximum Gasteiger partial charge on any atom is 0.255 e. The van der Waals surface area contributed by atoms with Crippen molar-refractivity contribution in [3.63, 3.8) is 0 Å². The third kappa shape index (κ3) is 4.46. The van der Waals surface area contributed by atoms with Gasteiger partial charge in [-0.2, -0.15) is 0 Å². The Labute approximate surface area is 137 Å². The molecule has 1 aromatic rings.